The molecule has 6 heteroatoms. The number of rotatable bonds is 2. The van der Waals surface area contributed by atoms with Crippen molar-refractivity contribution < 1.29 is 4.79 Å². The van der Waals surface area contributed by atoms with Crippen LogP contribution in [0.25, 0.3) is 0 Å². The van der Waals surface area contributed by atoms with Crippen LogP contribution in [0.15, 0.2) is 21.6 Å². The molecule has 1 rings (SSSR count). The maximum Gasteiger partial charge on any atom is 0.348 e. The van der Waals surface area contributed by atoms with Gasteiger partial charge in [-0.25, -0.2) is 4.79 Å². The minimum Gasteiger partial charge on any atom is -0.370 e. The number of nitrogens with zero attached hydrogens (tertiary/aromatic N) is 1. The summed E-state index contributed by atoms with van der Waals surface area (Å²) in [4.78, 5) is 14.8. The number of aliphatic imine (C=N–C) groups is 1. The van der Waals surface area contributed by atoms with E-state index in [1.54, 1.807) is 0 Å². The number of amides is 2. The minimum atomic E-state index is -0.585. The van der Waals surface area contributed by atoms with Gasteiger partial charge in [0.15, 0.2) is 5.96 Å². The van der Waals surface area contributed by atoms with Crippen LogP contribution in [0.2, 0.25) is 0 Å². The fourth-order valence-electron chi connectivity index (χ4n) is 1.43. The lowest BCUT2D eigenvalue weighted by atomic mass is 10.1. The lowest BCUT2D eigenvalue weighted by Gasteiger charge is -2.10. The second-order valence-electron chi connectivity index (χ2n) is 3.59. The first-order valence-corrected chi connectivity index (χ1v) is 5.93. The molecule has 1 aromatic rings. The number of hydrogen-bond acceptors (Lipinski definition) is 1. The first kappa shape index (κ1) is 13.5. The van der Waals surface area contributed by atoms with Crippen LogP contribution >= 0.6 is 15.9 Å². The molecule has 1 aromatic carbocycles. The summed E-state index contributed by atoms with van der Waals surface area (Å²) < 4.78 is 0.813. The molecule has 0 fully saturated rings. The van der Waals surface area contributed by atoms with Gasteiger partial charge in [-0.05, 0) is 46.5 Å². The molecule has 0 heterocycles. The minimum absolute atomic E-state index is 0.263. The number of nitrogens with one attached hydrogen (secondary N) is 1. The predicted octanol–water partition coefficient (Wildman–Crippen LogP) is 2.13. The van der Waals surface area contributed by atoms with Crippen molar-refractivity contribution >= 4 is 33.6 Å². The Balaban J connectivity index is 3.00. The molecule has 0 atom stereocenters. The molecule has 0 saturated carbocycles. The topological polar surface area (TPSA) is 93.5 Å². The Bertz CT molecular complexity index is 444. The number of carbonyl (C=O) groups is 1. The number of hydrogen-bond donors (Lipinski definition) is 3. The molecule has 0 saturated heterocycles. The summed E-state index contributed by atoms with van der Waals surface area (Å²) in [6, 6.07) is 3.38. The van der Waals surface area contributed by atoms with Crippen molar-refractivity contribution in [1.82, 2.24) is 0 Å². The Morgan fingerprint density at radius 2 is 2.12 bits per heavy atom. The lowest BCUT2D eigenvalue weighted by Crippen LogP contribution is -2.25. The fraction of sp³-hybridized carbons (Fsp3) is 0.273. The van der Waals surface area contributed by atoms with E-state index in [1.165, 1.54) is 5.56 Å². The van der Waals surface area contributed by atoms with Crippen LogP contribution in [0.4, 0.5) is 10.5 Å². The van der Waals surface area contributed by atoms with Crippen LogP contribution in [0.3, 0.4) is 0 Å². The summed E-state index contributed by atoms with van der Waals surface area (Å²) >= 11 is 3.41. The monoisotopic (exact) mass is 298 g/mol. The van der Waals surface area contributed by atoms with E-state index >= 15 is 0 Å². The zero-order valence-electron chi connectivity index (χ0n) is 9.75. The zero-order valence-corrected chi connectivity index (χ0v) is 11.3. The molecular formula is C11H15BrN4O. The maximum atomic E-state index is 11.4. The molecule has 0 aliphatic rings. The van der Waals surface area contributed by atoms with Crippen LogP contribution in [0.5, 0.6) is 0 Å². The van der Waals surface area contributed by atoms with E-state index in [9.17, 15) is 4.79 Å². The van der Waals surface area contributed by atoms with Crippen LogP contribution in [-0.4, -0.2) is 12.0 Å². The molecule has 0 unspecified atom stereocenters. The van der Waals surface area contributed by atoms with Crippen molar-refractivity contribution in [3.05, 3.63) is 27.7 Å². The Labute approximate surface area is 108 Å². The standard InChI is InChI=1S/C11H15BrN4O/c1-3-7-4-6(2)9(8(12)5-7)15-11(17)16-10(13)14/h4-5H,3H2,1-2H3,(H5,13,14,15,16,17). The van der Waals surface area contributed by atoms with Crippen molar-refractivity contribution in [1.29, 1.82) is 0 Å². The van der Waals surface area contributed by atoms with Crippen molar-refractivity contribution in [2.75, 3.05) is 5.32 Å². The average Bonchev–Trinajstić information content (AvgIpc) is 2.22. The summed E-state index contributed by atoms with van der Waals surface area (Å²) in [6.45, 7) is 3.98. The average molecular weight is 299 g/mol. The quantitative estimate of drug-likeness (QED) is 0.577. The van der Waals surface area contributed by atoms with Gasteiger partial charge in [0.1, 0.15) is 0 Å². The highest BCUT2D eigenvalue weighted by atomic mass is 79.9. The van der Waals surface area contributed by atoms with Gasteiger partial charge >= 0.3 is 6.03 Å². The maximum absolute atomic E-state index is 11.4. The molecular weight excluding hydrogens is 284 g/mol. The first-order chi connectivity index (χ1) is 7.93. The Hall–Kier alpha value is -1.56. The second kappa shape index (κ2) is 5.67. The van der Waals surface area contributed by atoms with Crippen molar-refractivity contribution in [3.63, 3.8) is 0 Å². The molecule has 92 valence electrons. The summed E-state index contributed by atoms with van der Waals surface area (Å²) in [7, 11) is 0. The number of aryl methyl sites for hydroxylation is 2. The number of guanidine groups is 1. The Morgan fingerprint density at radius 3 is 2.59 bits per heavy atom. The van der Waals surface area contributed by atoms with Crippen LogP contribution < -0.4 is 16.8 Å². The van der Waals surface area contributed by atoms with Gasteiger partial charge in [0, 0.05) is 4.47 Å². The van der Waals surface area contributed by atoms with Crippen LogP contribution in [0.1, 0.15) is 18.1 Å². The largest absolute Gasteiger partial charge is 0.370 e. The predicted molar refractivity (Wildman–Crippen MR) is 73.1 cm³/mol. The number of anilines is 1. The van der Waals surface area contributed by atoms with E-state index in [2.05, 4.69) is 33.2 Å². The zero-order chi connectivity index (χ0) is 13.0. The van der Waals surface area contributed by atoms with Gasteiger partial charge in [-0.2, -0.15) is 4.99 Å². The highest BCUT2D eigenvalue weighted by molar-refractivity contribution is 9.10. The SMILES string of the molecule is CCc1cc(C)c(NC(=O)N=C(N)N)c(Br)c1. The number of benzene rings is 1. The second-order valence-corrected chi connectivity index (χ2v) is 4.44. The number of urea groups is 1. The normalized spacial score (nSPS) is 9.82. The van der Waals surface area contributed by atoms with Gasteiger partial charge in [-0.15, -0.1) is 0 Å². The highest BCUT2D eigenvalue weighted by Crippen LogP contribution is 2.28. The lowest BCUT2D eigenvalue weighted by molar-refractivity contribution is 0.259. The smallest absolute Gasteiger partial charge is 0.348 e. The summed E-state index contributed by atoms with van der Waals surface area (Å²) in [5, 5.41) is 2.63. The Morgan fingerprint density at radius 1 is 1.47 bits per heavy atom. The molecule has 17 heavy (non-hydrogen) atoms. The van der Waals surface area contributed by atoms with E-state index in [1.807, 2.05) is 19.1 Å². The van der Waals surface area contributed by atoms with E-state index in [-0.39, 0.29) is 5.96 Å². The molecule has 0 bridgehead atoms. The van der Waals surface area contributed by atoms with Gasteiger partial charge < -0.3 is 16.8 Å². The van der Waals surface area contributed by atoms with Gasteiger partial charge in [-0.3, -0.25) is 0 Å². The Kier molecular flexibility index (Phi) is 4.51. The molecule has 2 amide bonds. The van der Waals surface area contributed by atoms with Crippen molar-refractivity contribution in [2.24, 2.45) is 16.5 Å². The third kappa shape index (κ3) is 3.74. The third-order valence-electron chi connectivity index (χ3n) is 2.22. The van der Waals surface area contributed by atoms with Crippen molar-refractivity contribution in [3.8, 4) is 0 Å². The molecule has 0 aromatic heterocycles. The summed E-state index contributed by atoms with van der Waals surface area (Å²) in [5.74, 6) is -0.263. The summed E-state index contributed by atoms with van der Waals surface area (Å²) in [6.07, 6.45) is 0.932. The molecule has 0 spiro atoms. The van der Waals surface area contributed by atoms with E-state index in [4.69, 9.17) is 11.5 Å². The van der Waals surface area contributed by atoms with E-state index in [0.29, 0.717) is 5.69 Å². The van der Waals surface area contributed by atoms with E-state index < -0.39 is 6.03 Å². The van der Waals surface area contributed by atoms with Gasteiger partial charge in [0.2, 0.25) is 0 Å². The third-order valence-corrected chi connectivity index (χ3v) is 2.84. The molecule has 0 aliphatic heterocycles. The fourth-order valence-corrected chi connectivity index (χ4v) is 2.14. The molecule has 5 N–H and O–H groups in total. The van der Waals surface area contributed by atoms with Gasteiger partial charge in [0.25, 0.3) is 0 Å². The van der Waals surface area contributed by atoms with Crippen LogP contribution in [-0.2, 0) is 6.42 Å². The first-order valence-electron chi connectivity index (χ1n) is 5.13. The van der Waals surface area contributed by atoms with Crippen molar-refractivity contribution in [2.45, 2.75) is 20.3 Å². The number of halogens is 1. The summed E-state index contributed by atoms with van der Waals surface area (Å²) in [5.41, 5.74) is 13.1. The molecule has 0 radical (unpaired) electrons. The number of carbonyl (C=O) groups excluding carboxylic acids is 1. The molecule has 5 nitrogen and oxygen atoms in total. The van der Waals surface area contributed by atoms with Gasteiger partial charge in [-0.1, -0.05) is 13.0 Å². The van der Waals surface area contributed by atoms with Gasteiger partial charge in [0.05, 0.1) is 5.69 Å². The van der Waals surface area contributed by atoms with Crippen LogP contribution in [0, 0.1) is 6.92 Å². The molecule has 0 aliphatic carbocycles. The number of nitrogens with two attached hydrogens (primary N) is 2. The highest BCUT2D eigenvalue weighted by Gasteiger charge is 2.09. The van der Waals surface area contributed by atoms with E-state index in [0.717, 1.165) is 16.5 Å².